The summed E-state index contributed by atoms with van der Waals surface area (Å²) in [6.45, 7) is 5.02. The Bertz CT molecular complexity index is 506. The predicted octanol–water partition coefficient (Wildman–Crippen LogP) is 2.51. The van der Waals surface area contributed by atoms with Gasteiger partial charge in [-0.1, -0.05) is 13.8 Å². The van der Waals surface area contributed by atoms with Crippen molar-refractivity contribution in [3.63, 3.8) is 0 Å². The molecule has 4 nitrogen and oxygen atoms in total. The third-order valence-electron chi connectivity index (χ3n) is 8.26. The highest BCUT2D eigenvalue weighted by atomic mass is 16.5. The summed E-state index contributed by atoms with van der Waals surface area (Å²) in [6, 6.07) is 0. The lowest BCUT2D eigenvalue weighted by atomic mass is 9.50. The number of carbonyl (C=O) groups is 1. The number of esters is 1. The fourth-order valence-corrected chi connectivity index (χ4v) is 6.71. The highest BCUT2D eigenvalue weighted by Crippen LogP contribution is 2.63. The Morgan fingerprint density at radius 1 is 1.00 bits per heavy atom. The highest BCUT2D eigenvalue weighted by molar-refractivity contribution is 5.74. The topological polar surface area (TPSA) is 66.8 Å². The quantitative estimate of drug-likeness (QED) is 0.673. The van der Waals surface area contributed by atoms with E-state index in [1.165, 1.54) is 0 Å². The minimum absolute atomic E-state index is 0.00203. The monoisotopic (exact) mass is 322 g/mol. The van der Waals surface area contributed by atoms with Gasteiger partial charge in [0.1, 0.15) is 0 Å². The Morgan fingerprint density at radius 3 is 2.48 bits per heavy atom. The van der Waals surface area contributed by atoms with Gasteiger partial charge < -0.3 is 14.9 Å². The van der Waals surface area contributed by atoms with Crippen LogP contribution in [0, 0.1) is 34.5 Å². The summed E-state index contributed by atoms with van der Waals surface area (Å²) in [5, 5.41) is 20.5. The first-order valence-electron chi connectivity index (χ1n) is 9.39. The normalized spacial score (nSPS) is 56.1. The summed E-state index contributed by atoms with van der Waals surface area (Å²) in [7, 11) is 0. The third kappa shape index (κ3) is 2.13. The van der Waals surface area contributed by atoms with Crippen molar-refractivity contribution in [1.29, 1.82) is 0 Å². The van der Waals surface area contributed by atoms with Gasteiger partial charge in [0.25, 0.3) is 0 Å². The van der Waals surface area contributed by atoms with Gasteiger partial charge in [0.05, 0.1) is 24.7 Å². The van der Waals surface area contributed by atoms with Crippen molar-refractivity contribution in [3.05, 3.63) is 0 Å². The summed E-state index contributed by atoms with van der Waals surface area (Å²) in [4.78, 5) is 12.6. The molecule has 1 saturated heterocycles. The van der Waals surface area contributed by atoms with E-state index in [4.69, 9.17) is 4.74 Å². The molecular formula is C19H30O4. The first-order chi connectivity index (χ1) is 10.9. The van der Waals surface area contributed by atoms with E-state index in [9.17, 15) is 15.0 Å². The SMILES string of the molecule is C[C@]12CC[C@H]3[C@@H](COC(=O)C4C[C@@H](O)CC[C@@]43C)[C@@H]1CC[C@@H]2O. The Morgan fingerprint density at radius 2 is 1.70 bits per heavy atom. The summed E-state index contributed by atoms with van der Waals surface area (Å²) in [5.74, 6) is 1.07. The van der Waals surface area contributed by atoms with Gasteiger partial charge >= 0.3 is 5.97 Å². The number of cyclic esters (lactones) is 1. The number of rotatable bonds is 0. The number of aliphatic hydroxyl groups excluding tert-OH is 2. The molecule has 2 N–H and O–H groups in total. The maximum atomic E-state index is 12.6. The van der Waals surface area contributed by atoms with E-state index in [0.717, 1.165) is 38.5 Å². The van der Waals surface area contributed by atoms with Crippen LogP contribution in [0.5, 0.6) is 0 Å². The molecule has 0 radical (unpaired) electrons. The molecule has 3 saturated carbocycles. The largest absolute Gasteiger partial charge is 0.465 e. The number of aliphatic hydroxyl groups is 2. The van der Waals surface area contributed by atoms with Gasteiger partial charge in [-0.05, 0) is 73.5 Å². The molecule has 0 aromatic carbocycles. The molecular weight excluding hydrogens is 292 g/mol. The Kier molecular flexibility index (Phi) is 3.59. The first kappa shape index (κ1) is 15.9. The zero-order chi connectivity index (χ0) is 16.4. The summed E-state index contributed by atoms with van der Waals surface area (Å²) >= 11 is 0. The lowest BCUT2D eigenvalue weighted by Gasteiger charge is -2.54. The average molecular weight is 322 g/mol. The molecule has 130 valence electrons. The number of hydrogen-bond donors (Lipinski definition) is 2. The third-order valence-corrected chi connectivity index (χ3v) is 8.26. The van der Waals surface area contributed by atoms with E-state index < -0.39 is 0 Å². The van der Waals surface area contributed by atoms with Crippen LogP contribution in [0.2, 0.25) is 0 Å². The van der Waals surface area contributed by atoms with Crippen molar-refractivity contribution >= 4 is 5.97 Å². The van der Waals surface area contributed by atoms with E-state index in [-0.39, 0.29) is 34.9 Å². The Hall–Kier alpha value is -0.610. The standard InChI is InChI=1S/C19H30O4/c1-18-7-5-11(20)9-15(18)17(22)23-10-12-13-3-4-16(21)19(13,2)8-6-14(12)18/h11-16,20-21H,3-10H2,1-2H3/t11-,12-,13-,14-,15?,16-,18+,19-/m0/s1. The molecule has 0 bridgehead atoms. The van der Waals surface area contributed by atoms with E-state index >= 15 is 0 Å². The smallest absolute Gasteiger partial charge is 0.309 e. The number of carbonyl (C=O) groups excluding carboxylic acids is 1. The van der Waals surface area contributed by atoms with Crippen molar-refractivity contribution in [3.8, 4) is 0 Å². The molecule has 1 unspecified atom stereocenters. The van der Waals surface area contributed by atoms with Crippen LogP contribution in [-0.2, 0) is 9.53 Å². The summed E-state index contributed by atoms with van der Waals surface area (Å²) < 4.78 is 5.71. The predicted molar refractivity (Wildman–Crippen MR) is 85.5 cm³/mol. The van der Waals surface area contributed by atoms with Crippen LogP contribution in [0.4, 0.5) is 0 Å². The summed E-state index contributed by atoms with van der Waals surface area (Å²) in [6.07, 6.45) is 5.78. The van der Waals surface area contributed by atoms with E-state index in [2.05, 4.69) is 13.8 Å². The fraction of sp³-hybridized carbons (Fsp3) is 0.947. The fourth-order valence-electron chi connectivity index (χ4n) is 6.71. The van der Waals surface area contributed by atoms with E-state index in [1.54, 1.807) is 0 Å². The van der Waals surface area contributed by atoms with Gasteiger partial charge in [0, 0.05) is 0 Å². The van der Waals surface area contributed by atoms with Crippen LogP contribution < -0.4 is 0 Å². The molecule has 1 heterocycles. The van der Waals surface area contributed by atoms with Crippen molar-refractivity contribution in [1.82, 2.24) is 0 Å². The average Bonchev–Trinajstić information content (AvgIpc) is 2.77. The van der Waals surface area contributed by atoms with E-state index in [0.29, 0.717) is 30.8 Å². The van der Waals surface area contributed by atoms with Gasteiger partial charge in [0.2, 0.25) is 0 Å². The number of fused-ring (bicyclic) bond motifs is 5. The number of hydrogen-bond acceptors (Lipinski definition) is 4. The Balaban J connectivity index is 1.70. The van der Waals surface area contributed by atoms with Gasteiger partial charge in [-0.25, -0.2) is 0 Å². The van der Waals surface area contributed by atoms with Crippen LogP contribution >= 0.6 is 0 Å². The van der Waals surface area contributed by atoms with Crippen LogP contribution in [0.1, 0.15) is 58.8 Å². The van der Waals surface area contributed by atoms with Gasteiger partial charge in [-0.2, -0.15) is 0 Å². The van der Waals surface area contributed by atoms with Crippen molar-refractivity contribution < 1.29 is 19.7 Å². The molecule has 0 amide bonds. The second kappa shape index (κ2) is 5.19. The maximum Gasteiger partial charge on any atom is 0.309 e. The molecule has 4 fully saturated rings. The molecule has 3 aliphatic carbocycles. The zero-order valence-electron chi connectivity index (χ0n) is 14.3. The molecule has 4 aliphatic rings. The molecule has 1 aliphatic heterocycles. The van der Waals surface area contributed by atoms with Gasteiger partial charge in [-0.15, -0.1) is 0 Å². The van der Waals surface area contributed by atoms with Crippen molar-refractivity contribution in [2.24, 2.45) is 34.5 Å². The van der Waals surface area contributed by atoms with Crippen LogP contribution in [-0.4, -0.2) is 35.0 Å². The van der Waals surface area contributed by atoms with Crippen LogP contribution in [0.15, 0.2) is 0 Å². The Labute approximate surface area is 138 Å². The summed E-state index contributed by atoms with van der Waals surface area (Å²) in [5.41, 5.74) is -0.0513. The molecule has 23 heavy (non-hydrogen) atoms. The van der Waals surface area contributed by atoms with Crippen LogP contribution in [0.25, 0.3) is 0 Å². The van der Waals surface area contributed by atoms with Crippen molar-refractivity contribution in [2.75, 3.05) is 6.61 Å². The van der Waals surface area contributed by atoms with E-state index in [1.807, 2.05) is 0 Å². The molecule has 0 spiro atoms. The molecule has 0 aromatic rings. The maximum absolute atomic E-state index is 12.6. The zero-order valence-corrected chi connectivity index (χ0v) is 14.3. The molecule has 0 aromatic heterocycles. The highest BCUT2D eigenvalue weighted by Gasteiger charge is 2.61. The minimum atomic E-state index is -0.362. The molecule has 4 heteroatoms. The minimum Gasteiger partial charge on any atom is -0.465 e. The molecule has 8 atom stereocenters. The number of ether oxygens (including phenoxy) is 1. The van der Waals surface area contributed by atoms with Gasteiger partial charge in [-0.3, -0.25) is 4.79 Å². The van der Waals surface area contributed by atoms with Crippen LogP contribution in [0.3, 0.4) is 0 Å². The lowest BCUT2D eigenvalue weighted by molar-refractivity contribution is -0.155. The van der Waals surface area contributed by atoms with Crippen molar-refractivity contribution in [2.45, 2.75) is 71.0 Å². The second-order valence-electron chi connectivity index (χ2n) is 9.13. The van der Waals surface area contributed by atoms with Gasteiger partial charge in [0.15, 0.2) is 0 Å². The molecule has 4 rings (SSSR count). The first-order valence-corrected chi connectivity index (χ1v) is 9.39. The second-order valence-corrected chi connectivity index (χ2v) is 9.13. The lowest BCUT2D eigenvalue weighted by Crippen LogP contribution is -2.51.